The quantitative estimate of drug-likeness (QED) is 0.884. The summed E-state index contributed by atoms with van der Waals surface area (Å²) in [5, 5.41) is 12.3. The van der Waals surface area contributed by atoms with E-state index in [1.165, 1.54) is 0 Å². The smallest absolute Gasteiger partial charge is 0.306 e. The molecule has 2 N–H and O–H groups in total. The van der Waals surface area contributed by atoms with Crippen LogP contribution < -0.4 is 5.32 Å². The van der Waals surface area contributed by atoms with Gasteiger partial charge in [-0.1, -0.05) is 11.6 Å². The number of benzene rings is 1. The lowest BCUT2D eigenvalue weighted by atomic mass is 10.1. The zero-order valence-corrected chi connectivity index (χ0v) is 12.4. The molecule has 1 fully saturated rings. The van der Waals surface area contributed by atoms with Crippen molar-refractivity contribution in [2.45, 2.75) is 25.3 Å². The van der Waals surface area contributed by atoms with E-state index in [1.807, 2.05) is 0 Å². The van der Waals surface area contributed by atoms with E-state index in [1.54, 1.807) is 18.2 Å². The summed E-state index contributed by atoms with van der Waals surface area (Å²) in [6, 6.07) is 4.88. The van der Waals surface area contributed by atoms with Crippen LogP contribution in [0.5, 0.6) is 0 Å². The van der Waals surface area contributed by atoms with E-state index in [-0.39, 0.29) is 17.9 Å². The number of halogens is 2. The van der Waals surface area contributed by atoms with E-state index >= 15 is 0 Å². The molecule has 6 heteroatoms. The second-order valence-electron chi connectivity index (χ2n) is 4.65. The molecule has 0 radical (unpaired) electrons. The molecule has 102 valence electrons. The lowest BCUT2D eigenvalue weighted by molar-refractivity contribution is -0.141. The summed E-state index contributed by atoms with van der Waals surface area (Å²) >= 11 is 9.13. The number of aliphatic carboxylic acids is 1. The van der Waals surface area contributed by atoms with Crippen molar-refractivity contribution in [3.8, 4) is 0 Å². The number of carbonyl (C=O) groups excluding carboxylic acids is 1. The molecular weight excluding hydrogens is 334 g/mol. The van der Waals surface area contributed by atoms with Gasteiger partial charge in [0.1, 0.15) is 0 Å². The Morgan fingerprint density at radius 2 is 2.11 bits per heavy atom. The predicted octanol–water partition coefficient (Wildman–Crippen LogP) is 3.09. The number of carboxylic acids is 1. The fraction of sp³-hybridized carbons (Fsp3) is 0.385. The molecule has 0 spiro atoms. The van der Waals surface area contributed by atoms with Crippen molar-refractivity contribution in [1.29, 1.82) is 0 Å². The van der Waals surface area contributed by atoms with Crippen molar-refractivity contribution in [1.82, 2.24) is 5.32 Å². The first-order valence-electron chi connectivity index (χ1n) is 5.96. The monoisotopic (exact) mass is 345 g/mol. The Labute approximate surface area is 124 Å². The van der Waals surface area contributed by atoms with Gasteiger partial charge >= 0.3 is 5.97 Å². The number of nitrogens with one attached hydrogen (secondary N) is 1. The molecule has 4 nitrogen and oxygen atoms in total. The standard InChI is InChI=1S/C13H13BrClNO3/c14-10-6-7(2-4-11(10)15)12(17)16-9-3-1-8(5-9)13(18)19/h2,4,6,8-9H,1,3,5H2,(H,16,17)(H,18,19). The Kier molecular flexibility index (Phi) is 4.47. The minimum Gasteiger partial charge on any atom is -0.481 e. The Balaban J connectivity index is 1.98. The molecule has 0 aliphatic heterocycles. The first-order valence-corrected chi connectivity index (χ1v) is 7.13. The Hall–Kier alpha value is -1.07. The highest BCUT2D eigenvalue weighted by molar-refractivity contribution is 9.10. The van der Waals surface area contributed by atoms with Crippen molar-refractivity contribution in [3.63, 3.8) is 0 Å². The van der Waals surface area contributed by atoms with Crippen LogP contribution in [-0.2, 0) is 4.79 Å². The molecule has 2 unspecified atom stereocenters. The van der Waals surface area contributed by atoms with Crippen LogP contribution in [0.15, 0.2) is 22.7 Å². The highest BCUT2D eigenvalue weighted by Crippen LogP contribution is 2.27. The van der Waals surface area contributed by atoms with Crippen LogP contribution in [0.25, 0.3) is 0 Å². The summed E-state index contributed by atoms with van der Waals surface area (Å²) in [7, 11) is 0. The fourth-order valence-electron chi connectivity index (χ4n) is 2.24. The van der Waals surface area contributed by atoms with Gasteiger partial charge in [-0.3, -0.25) is 9.59 Å². The summed E-state index contributed by atoms with van der Waals surface area (Å²) in [5.74, 6) is -1.33. The number of carboxylic acid groups (broad SMARTS) is 1. The topological polar surface area (TPSA) is 66.4 Å². The van der Waals surface area contributed by atoms with E-state index in [2.05, 4.69) is 21.2 Å². The van der Waals surface area contributed by atoms with Gasteiger partial charge in [0.25, 0.3) is 5.91 Å². The maximum atomic E-state index is 12.0. The summed E-state index contributed by atoms with van der Waals surface area (Å²) in [6.45, 7) is 0. The number of carbonyl (C=O) groups is 2. The second kappa shape index (κ2) is 5.92. The van der Waals surface area contributed by atoms with Gasteiger partial charge in [0.2, 0.25) is 0 Å². The molecule has 1 aliphatic rings. The van der Waals surface area contributed by atoms with E-state index in [0.29, 0.717) is 34.3 Å². The van der Waals surface area contributed by atoms with Gasteiger partial charge in [0.05, 0.1) is 10.9 Å². The van der Waals surface area contributed by atoms with Crippen molar-refractivity contribution < 1.29 is 14.7 Å². The third-order valence-corrected chi connectivity index (χ3v) is 4.51. The summed E-state index contributed by atoms with van der Waals surface area (Å²) in [6.07, 6.45) is 1.82. The van der Waals surface area contributed by atoms with Crippen LogP contribution in [0.4, 0.5) is 0 Å². The van der Waals surface area contributed by atoms with Crippen LogP contribution in [0.3, 0.4) is 0 Å². The zero-order valence-electron chi connectivity index (χ0n) is 10.0. The van der Waals surface area contributed by atoms with Gasteiger partial charge in [0, 0.05) is 16.1 Å². The summed E-state index contributed by atoms with van der Waals surface area (Å²) in [5.41, 5.74) is 0.509. The molecule has 1 aromatic rings. The average Bonchev–Trinajstić information content (AvgIpc) is 2.81. The third-order valence-electron chi connectivity index (χ3n) is 3.30. The van der Waals surface area contributed by atoms with Gasteiger partial charge < -0.3 is 10.4 Å². The van der Waals surface area contributed by atoms with Gasteiger partial charge in [-0.2, -0.15) is 0 Å². The maximum Gasteiger partial charge on any atom is 0.306 e. The van der Waals surface area contributed by atoms with Crippen LogP contribution in [0.1, 0.15) is 29.6 Å². The first kappa shape index (κ1) is 14.3. The van der Waals surface area contributed by atoms with E-state index in [4.69, 9.17) is 16.7 Å². The average molecular weight is 347 g/mol. The van der Waals surface area contributed by atoms with Gasteiger partial charge in [-0.25, -0.2) is 0 Å². The van der Waals surface area contributed by atoms with Crippen molar-refractivity contribution >= 4 is 39.4 Å². The minimum absolute atomic E-state index is 0.0666. The molecular formula is C13H13BrClNO3. The van der Waals surface area contributed by atoms with Crippen LogP contribution in [0, 0.1) is 5.92 Å². The van der Waals surface area contributed by atoms with Crippen LogP contribution in [-0.4, -0.2) is 23.0 Å². The van der Waals surface area contributed by atoms with Gasteiger partial charge in [0.15, 0.2) is 0 Å². The lowest BCUT2D eigenvalue weighted by Crippen LogP contribution is -2.33. The van der Waals surface area contributed by atoms with Crippen molar-refractivity contribution in [2.75, 3.05) is 0 Å². The SMILES string of the molecule is O=C(NC1CCC(C(=O)O)C1)c1ccc(Cl)c(Br)c1. The van der Waals surface area contributed by atoms with Crippen molar-refractivity contribution in [3.05, 3.63) is 33.3 Å². The molecule has 2 atom stereocenters. The molecule has 1 aromatic carbocycles. The first-order chi connectivity index (χ1) is 8.97. The molecule has 0 aromatic heterocycles. The van der Waals surface area contributed by atoms with Crippen LogP contribution >= 0.6 is 27.5 Å². The lowest BCUT2D eigenvalue weighted by Gasteiger charge is -2.12. The Morgan fingerprint density at radius 3 is 2.68 bits per heavy atom. The highest BCUT2D eigenvalue weighted by atomic mass is 79.9. The van der Waals surface area contributed by atoms with Crippen molar-refractivity contribution in [2.24, 2.45) is 5.92 Å². The molecule has 1 aliphatic carbocycles. The third kappa shape index (κ3) is 3.48. The highest BCUT2D eigenvalue weighted by Gasteiger charge is 2.30. The molecule has 2 rings (SSSR count). The number of amides is 1. The molecule has 1 saturated carbocycles. The normalized spacial score (nSPS) is 22.2. The summed E-state index contributed by atoms with van der Waals surface area (Å²) < 4.78 is 0.664. The Bertz CT molecular complexity index is 521. The number of hydrogen-bond acceptors (Lipinski definition) is 2. The largest absolute Gasteiger partial charge is 0.481 e. The fourth-order valence-corrected chi connectivity index (χ4v) is 2.74. The maximum absolute atomic E-state index is 12.0. The second-order valence-corrected chi connectivity index (χ2v) is 5.91. The number of rotatable bonds is 3. The van der Waals surface area contributed by atoms with E-state index in [9.17, 15) is 9.59 Å². The van der Waals surface area contributed by atoms with E-state index < -0.39 is 5.97 Å². The summed E-state index contributed by atoms with van der Waals surface area (Å²) in [4.78, 5) is 22.9. The van der Waals surface area contributed by atoms with Crippen LogP contribution in [0.2, 0.25) is 5.02 Å². The molecule has 19 heavy (non-hydrogen) atoms. The Morgan fingerprint density at radius 1 is 1.37 bits per heavy atom. The molecule has 0 saturated heterocycles. The van der Waals surface area contributed by atoms with E-state index in [0.717, 1.165) is 0 Å². The van der Waals surface area contributed by atoms with Gasteiger partial charge in [-0.15, -0.1) is 0 Å². The zero-order chi connectivity index (χ0) is 14.0. The molecule has 0 heterocycles. The molecule has 1 amide bonds. The molecule has 0 bridgehead atoms. The van der Waals surface area contributed by atoms with Gasteiger partial charge in [-0.05, 0) is 53.4 Å². The number of hydrogen-bond donors (Lipinski definition) is 2. The predicted molar refractivity (Wildman–Crippen MR) is 75.4 cm³/mol. The minimum atomic E-state index is -0.786.